The van der Waals surface area contributed by atoms with E-state index < -0.39 is 5.91 Å². The van der Waals surface area contributed by atoms with Gasteiger partial charge in [0.15, 0.2) is 0 Å². The molecular weight excluding hydrogens is 460 g/mol. The van der Waals surface area contributed by atoms with Crippen LogP contribution in [0.25, 0.3) is 0 Å². The number of carbonyl (C=O) groups excluding carboxylic acids is 4. The Morgan fingerprint density at radius 1 is 0.972 bits per heavy atom. The van der Waals surface area contributed by atoms with Crippen LogP contribution in [-0.2, 0) is 6.54 Å². The van der Waals surface area contributed by atoms with Gasteiger partial charge in [0.05, 0.1) is 29.8 Å². The minimum absolute atomic E-state index is 0.0264. The van der Waals surface area contributed by atoms with Crippen molar-refractivity contribution in [2.45, 2.75) is 13.5 Å². The highest BCUT2D eigenvalue weighted by molar-refractivity contribution is 6.21. The number of fused-ring (bicyclic) bond motifs is 1. The summed E-state index contributed by atoms with van der Waals surface area (Å²) >= 11 is 0. The zero-order chi connectivity index (χ0) is 25.2. The lowest BCUT2D eigenvalue weighted by Crippen LogP contribution is -2.29. The molecule has 2 heterocycles. The van der Waals surface area contributed by atoms with Crippen LogP contribution in [0.2, 0.25) is 0 Å². The van der Waals surface area contributed by atoms with E-state index in [1.54, 1.807) is 71.6 Å². The van der Waals surface area contributed by atoms with Crippen LogP contribution in [0.1, 0.15) is 43.6 Å². The van der Waals surface area contributed by atoms with Gasteiger partial charge in [-0.25, -0.2) is 4.79 Å². The minimum Gasteiger partial charge on any atom is -0.493 e. The van der Waals surface area contributed by atoms with Gasteiger partial charge in [-0.2, -0.15) is 0 Å². The zero-order valence-corrected chi connectivity index (χ0v) is 19.6. The highest BCUT2D eigenvalue weighted by Gasteiger charge is 2.35. The third-order valence-electron chi connectivity index (χ3n) is 6.08. The number of nitrogens with one attached hydrogen (secondary N) is 2. The van der Waals surface area contributed by atoms with Crippen molar-refractivity contribution in [3.63, 3.8) is 0 Å². The van der Waals surface area contributed by atoms with Gasteiger partial charge < -0.3 is 15.4 Å². The van der Waals surface area contributed by atoms with Gasteiger partial charge >= 0.3 is 6.03 Å². The Labute approximate surface area is 207 Å². The number of amides is 5. The molecule has 2 aliphatic rings. The Bertz CT molecular complexity index is 1350. The topological polar surface area (TPSA) is 108 Å². The molecule has 2 N–H and O–H groups in total. The van der Waals surface area contributed by atoms with Crippen LogP contribution in [0.4, 0.5) is 16.2 Å². The average molecular weight is 485 g/mol. The molecule has 9 heteroatoms. The van der Waals surface area contributed by atoms with E-state index in [0.717, 1.165) is 0 Å². The lowest BCUT2D eigenvalue weighted by atomic mass is 10.1. The van der Waals surface area contributed by atoms with Gasteiger partial charge in [-0.15, -0.1) is 0 Å². The number of urea groups is 1. The molecule has 0 spiro atoms. The number of carbonyl (C=O) groups is 4. The Kier molecular flexibility index (Phi) is 6.12. The van der Waals surface area contributed by atoms with Crippen LogP contribution in [0, 0.1) is 0 Å². The third-order valence-corrected chi connectivity index (χ3v) is 6.08. The van der Waals surface area contributed by atoms with E-state index in [1.165, 1.54) is 4.90 Å². The summed E-state index contributed by atoms with van der Waals surface area (Å²) in [5.74, 6) is -0.752. The van der Waals surface area contributed by atoms with Crippen molar-refractivity contribution in [3.05, 3.63) is 89.0 Å². The highest BCUT2D eigenvalue weighted by Crippen LogP contribution is 2.28. The molecule has 0 bridgehead atoms. The van der Waals surface area contributed by atoms with E-state index in [0.29, 0.717) is 53.5 Å². The number of anilines is 2. The molecule has 0 radical (unpaired) electrons. The standard InChI is InChI=1S/C27H24N4O5/c1-2-36-23-11-10-17(16-31-25(33)20-8-3-4-9-21(20)26(31)34)14-22(23)24(32)29-18-6-5-7-19(15-18)30-13-12-28-27(30)35/h3-11,14-15H,2,12-13,16H2,1H3,(H,28,35)(H,29,32). The fourth-order valence-corrected chi connectivity index (χ4v) is 4.37. The number of hydrogen-bond acceptors (Lipinski definition) is 5. The Morgan fingerprint density at radius 3 is 2.39 bits per heavy atom. The molecule has 5 rings (SSSR count). The normalized spacial score (nSPS) is 14.6. The number of rotatable bonds is 7. The second-order valence-corrected chi connectivity index (χ2v) is 8.39. The second-order valence-electron chi connectivity index (χ2n) is 8.39. The summed E-state index contributed by atoms with van der Waals surface area (Å²) in [4.78, 5) is 53.6. The largest absolute Gasteiger partial charge is 0.493 e. The molecule has 3 aromatic carbocycles. The summed E-state index contributed by atoms with van der Waals surface area (Å²) in [5.41, 5.74) is 2.82. The van der Waals surface area contributed by atoms with E-state index in [1.807, 2.05) is 6.92 Å². The highest BCUT2D eigenvalue weighted by atomic mass is 16.5. The molecule has 1 fully saturated rings. The lowest BCUT2D eigenvalue weighted by molar-refractivity contribution is 0.0642. The molecule has 182 valence electrons. The van der Waals surface area contributed by atoms with Crippen LogP contribution >= 0.6 is 0 Å². The van der Waals surface area contributed by atoms with Gasteiger partial charge in [0.25, 0.3) is 17.7 Å². The first kappa shape index (κ1) is 23.1. The maximum absolute atomic E-state index is 13.3. The fourth-order valence-electron chi connectivity index (χ4n) is 4.37. The van der Waals surface area contributed by atoms with Crippen molar-refractivity contribution < 1.29 is 23.9 Å². The van der Waals surface area contributed by atoms with Crippen molar-refractivity contribution in [1.29, 1.82) is 0 Å². The molecule has 5 amide bonds. The molecule has 0 atom stereocenters. The summed E-state index contributed by atoms with van der Waals surface area (Å²) in [7, 11) is 0. The quantitative estimate of drug-likeness (QED) is 0.498. The monoisotopic (exact) mass is 484 g/mol. The van der Waals surface area contributed by atoms with Crippen molar-refractivity contribution in [3.8, 4) is 5.75 Å². The summed E-state index contributed by atoms with van der Waals surface area (Å²) in [6, 6.07) is 18.6. The average Bonchev–Trinajstić information content (AvgIpc) is 3.42. The summed E-state index contributed by atoms with van der Waals surface area (Å²) < 4.78 is 5.66. The van der Waals surface area contributed by atoms with Crippen molar-refractivity contribution >= 4 is 35.1 Å². The summed E-state index contributed by atoms with van der Waals surface area (Å²) in [6.07, 6.45) is 0. The van der Waals surface area contributed by atoms with Crippen molar-refractivity contribution in [2.75, 3.05) is 29.9 Å². The van der Waals surface area contributed by atoms with Crippen molar-refractivity contribution in [1.82, 2.24) is 10.2 Å². The smallest absolute Gasteiger partial charge is 0.321 e. The first-order valence-electron chi connectivity index (χ1n) is 11.6. The van der Waals surface area contributed by atoms with E-state index in [9.17, 15) is 19.2 Å². The SMILES string of the molecule is CCOc1ccc(CN2C(=O)c3ccccc3C2=O)cc1C(=O)Nc1cccc(N2CCNC2=O)c1. The van der Waals surface area contributed by atoms with E-state index in [2.05, 4.69) is 10.6 Å². The number of hydrogen-bond donors (Lipinski definition) is 2. The van der Waals surface area contributed by atoms with E-state index >= 15 is 0 Å². The van der Waals surface area contributed by atoms with Gasteiger partial charge in [0.1, 0.15) is 5.75 Å². The number of benzene rings is 3. The van der Waals surface area contributed by atoms with Crippen LogP contribution in [0.5, 0.6) is 5.75 Å². The lowest BCUT2D eigenvalue weighted by Gasteiger charge is -2.17. The van der Waals surface area contributed by atoms with Crippen LogP contribution in [0.15, 0.2) is 66.7 Å². The molecule has 9 nitrogen and oxygen atoms in total. The van der Waals surface area contributed by atoms with E-state index in [4.69, 9.17) is 4.74 Å². The van der Waals surface area contributed by atoms with Crippen LogP contribution in [-0.4, -0.2) is 48.3 Å². The van der Waals surface area contributed by atoms with E-state index in [-0.39, 0.29) is 30.0 Å². The zero-order valence-electron chi connectivity index (χ0n) is 19.6. The summed E-state index contributed by atoms with van der Waals surface area (Å²) in [5, 5.41) is 5.62. The van der Waals surface area contributed by atoms with Gasteiger partial charge in [0.2, 0.25) is 0 Å². The summed E-state index contributed by atoms with van der Waals surface area (Å²) in [6.45, 7) is 3.31. The van der Waals surface area contributed by atoms with Crippen LogP contribution in [0.3, 0.4) is 0 Å². The Hall–Kier alpha value is -4.66. The first-order valence-corrected chi connectivity index (χ1v) is 11.6. The number of nitrogens with zero attached hydrogens (tertiary/aromatic N) is 2. The molecule has 0 unspecified atom stereocenters. The number of ether oxygens (including phenoxy) is 1. The van der Waals surface area contributed by atoms with Gasteiger partial charge in [0, 0.05) is 24.5 Å². The second kappa shape index (κ2) is 9.53. The predicted molar refractivity (Wildman–Crippen MR) is 133 cm³/mol. The first-order chi connectivity index (χ1) is 17.5. The maximum atomic E-state index is 13.3. The molecule has 36 heavy (non-hydrogen) atoms. The Morgan fingerprint density at radius 2 is 1.72 bits per heavy atom. The van der Waals surface area contributed by atoms with Gasteiger partial charge in [-0.3, -0.25) is 24.2 Å². The van der Waals surface area contributed by atoms with Crippen molar-refractivity contribution in [2.24, 2.45) is 0 Å². The molecule has 0 saturated carbocycles. The van der Waals surface area contributed by atoms with Gasteiger partial charge in [-0.1, -0.05) is 24.3 Å². The molecule has 0 aliphatic carbocycles. The predicted octanol–water partition coefficient (Wildman–Crippen LogP) is 3.66. The molecule has 3 aromatic rings. The minimum atomic E-state index is -0.411. The Balaban J connectivity index is 1.38. The molecule has 1 saturated heterocycles. The molecular formula is C27H24N4O5. The fraction of sp³-hybridized carbons (Fsp3) is 0.185. The molecule has 2 aliphatic heterocycles. The third kappa shape index (κ3) is 4.26. The maximum Gasteiger partial charge on any atom is 0.321 e. The van der Waals surface area contributed by atoms with Gasteiger partial charge in [-0.05, 0) is 55.0 Å². The van der Waals surface area contributed by atoms with Crippen LogP contribution < -0.4 is 20.3 Å². The molecule has 0 aromatic heterocycles. The number of imide groups is 1.